The maximum Gasteiger partial charge on any atom is 0.275 e. The number of likely N-dealkylation sites (N-methyl/N-ethyl adjacent to an activating group) is 1. The highest BCUT2D eigenvalue weighted by atomic mass is 16.5. The molecule has 1 fully saturated rings. The van der Waals surface area contributed by atoms with Gasteiger partial charge >= 0.3 is 0 Å². The van der Waals surface area contributed by atoms with E-state index in [1.54, 1.807) is 13.1 Å². The van der Waals surface area contributed by atoms with Gasteiger partial charge in [0, 0.05) is 25.6 Å². The first kappa shape index (κ1) is 13.0. The number of ether oxygens (including phenoxy) is 1. The first-order valence-corrected chi connectivity index (χ1v) is 6.13. The van der Waals surface area contributed by atoms with Crippen molar-refractivity contribution >= 4 is 5.91 Å². The number of aliphatic hydroxyl groups is 1. The second-order valence-electron chi connectivity index (χ2n) is 4.45. The fraction of sp³-hybridized carbons (Fsp3) is 0.667. The zero-order valence-corrected chi connectivity index (χ0v) is 10.5. The summed E-state index contributed by atoms with van der Waals surface area (Å²) in [4.78, 5) is 13.5. The molecule has 0 bridgehead atoms. The minimum atomic E-state index is -0.168. The van der Waals surface area contributed by atoms with E-state index in [0.717, 1.165) is 18.6 Å². The molecule has 6 heteroatoms. The van der Waals surface area contributed by atoms with Crippen molar-refractivity contribution in [3.63, 3.8) is 0 Å². The molecule has 0 aliphatic heterocycles. The van der Waals surface area contributed by atoms with Gasteiger partial charge in [0.2, 0.25) is 0 Å². The molecule has 0 atom stereocenters. The number of nitrogens with zero attached hydrogens (tertiary/aromatic N) is 2. The molecule has 1 saturated carbocycles. The summed E-state index contributed by atoms with van der Waals surface area (Å²) < 4.78 is 10.2. The van der Waals surface area contributed by atoms with Crippen molar-refractivity contribution in [1.82, 2.24) is 10.1 Å². The van der Waals surface area contributed by atoms with E-state index in [1.165, 1.54) is 4.90 Å². The van der Waals surface area contributed by atoms with Gasteiger partial charge in [0.25, 0.3) is 5.91 Å². The van der Waals surface area contributed by atoms with Crippen LogP contribution in [0.2, 0.25) is 0 Å². The van der Waals surface area contributed by atoms with E-state index in [4.69, 9.17) is 14.4 Å². The number of hydrogen-bond donors (Lipinski definition) is 1. The molecular formula is C12H18N2O4. The van der Waals surface area contributed by atoms with Gasteiger partial charge in [-0.15, -0.1) is 0 Å². The number of hydrogen-bond acceptors (Lipinski definition) is 5. The molecule has 0 saturated heterocycles. The molecule has 18 heavy (non-hydrogen) atoms. The fourth-order valence-corrected chi connectivity index (χ4v) is 1.62. The van der Waals surface area contributed by atoms with Crippen molar-refractivity contribution in [3.8, 4) is 0 Å². The van der Waals surface area contributed by atoms with Crippen LogP contribution < -0.4 is 0 Å². The largest absolute Gasteiger partial charge is 0.394 e. The Hall–Kier alpha value is -1.40. The van der Waals surface area contributed by atoms with E-state index in [9.17, 15) is 4.79 Å². The molecule has 0 spiro atoms. The van der Waals surface area contributed by atoms with Gasteiger partial charge in [-0.25, -0.2) is 0 Å². The van der Waals surface area contributed by atoms with Crippen molar-refractivity contribution in [1.29, 1.82) is 0 Å². The summed E-state index contributed by atoms with van der Waals surface area (Å²) in [7, 11) is 1.69. The second-order valence-corrected chi connectivity index (χ2v) is 4.45. The van der Waals surface area contributed by atoms with Crippen molar-refractivity contribution in [2.75, 3.05) is 33.4 Å². The molecule has 0 unspecified atom stereocenters. The third-order valence-electron chi connectivity index (χ3n) is 2.88. The minimum absolute atomic E-state index is 0.00824. The molecular weight excluding hydrogens is 236 g/mol. The van der Waals surface area contributed by atoms with Crippen molar-refractivity contribution in [2.45, 2.75) is 18.8 Å². The van der Waals surface area contributed by atoms with Crippen LogP contribution in [0.3, 0.4) is 0 Å². The van der Waals surface area contributed by atoms with Crippen LogP contribution in [-0.2, 0) is 4.74 Å². The number of aromatic nitrogens is 1. The molecule has 100 valence electrons. The van der Waals surface area contributed by atoms with Crippen molar-refractivity contribution in [2.24, 2.45) is 0 Å². The maximum absolute atomic E-state index is 12.0. The van der Waals surface area contributed by atoms with Gasteiger partial charge in [0.1, 0.15) is 5.76 Å². The van der Waals surface area contributed by atoms with E-state index in [1.807, 2.05) is 0 Å². The Morgan fingerprint density at radius 1 is 1.61 bits per heavy atom. The highest BCUT2D eigenvalue weighted by molar-refractivity contribution is 5.92. The van der Waals surface area contributed by atoms with Crippen LogP contribution in [0, 0.1) is 0 Å². The lowest BCUT2D eigenvalue weighted by atomic mass is 10.2. The lowest BCUT2D eigenvalue weighted by Crippen LogP contribution is -2.30. The Morgan fingerprint density at radius 3 is 3.06 bits per heavy atom. The smallest absolute Gasteiger partial charge is 0.275 e. The first-order chi connectivity index (χ1) is 8.72. The van der Waals surface area contributed by atoms with Gasteiger partial charge in [-0.3, -0.25) is 4.79 Å². The Balaban J connectivity index is 1.81. The van der Waals surface area contributed by atoms with Gasteiger partial charge in [-0.1, -0.05) is 5.16 Å². The van der Waals surface area contributed by atoms with E-state index < -0.39 is 0 Å². The third kappa shape index (κ3) is 3.30. The Bertz CT molecular complexity index is 401. The molecule has 2 rings (SSSR count). The molecule has 1 amide bonds. The number of rotatable bonds is 7. The average Bonchev–Trinajstić information content (AvgIpc) is 3.11. The maximum atomic E-state index is 12.0. The van der Waals surface area contributed by atoms with Gasteiger partial charge in [-0.05, 0) is 12.8 Å². The number of aliphatic hydroxyl groups excluding tert-OH is 1. The Kier molecular flexibility index (Phi) is 4.33. The van der Waals surface area contributed by atoms with E-state index in [-0.39, 0.29) is 19.1 Å². The molecule has 1 aliphatic rings. The predicted molar refractivity (Wildman–Crippen MR) is 63.3 cm³/mol. The van der Waals surface area contributed by atoms with Crippen LogP contribution in [0.25, 0.3) is 0 Å². The lowest BCUT2D eigenvalue weighted by Gasteiger charge is -2.15. The standard InChI is InChI=1S/C12H18N2O4/c1-14(4-6-17-7-5-15)12(16)10-8-11(18-13-10)9-2-3-9/h8-9,15H,2-7H2,1H3. The van der Waals surface area contributed by atoms with Gasteiger partial charge in [-0.2, -0.15) is 0 Å². The van der Waals surface area contributed by atoms with Crippen LogP contribution in [0.4, 0.5) is 0 Å². The molecule has 6 nitrogen and oxygen atoms in total. The molecule has 1 aromatic rings. The van der Waals surface area contributed by atoms with E-state index >= 15 is 0 Å². The molecule has 1 aliphatic carbocycles. The quantitative estimate of drug-likeness (QED) is 0.722. The zero-order chi connectivity index (χ0) is 13.0. The van der Waals surface area contributed by atoms with Crippen LogP contribution in [-0.4, -0.2) is 54.5 Å². The normalized spacial score (nSPS) is 14.8. The van der Waals surface area contributed by atoms with Crippen LogP contribution in [0.1, 0.15) is 35.0 Å². The van der Waals surface area contributed by atoms with Crippen molar-refractivity contribution in [3.05, 3.63) is 17.5 Å². The molecule has 1 aromatic heterocycles. The Morgan fingerprint density at radius 2 is 2.39 bits per heavy atom. The molecule has 1 heterocycles. The van der Waals surface area contributed by atoms with Crippen LogP contribution in [0.5, 0.6) is 0 Å². The SMILES string of the molecule is CN(CCOCCO)C(=O)c1cc(C2CC2)on1. The summed E-state index contributed by atoms with van der Waals surface area (Å²) >= 11 is 0. The number of carbonyl (C=O) groups excluding carboxylic acids is 1. The van der Waals surface area contributed by atoms with Crippen LogP contribution in [0.15, 0.2) is 10.6 Å². The summed E-state index contributed by atoms with van der Waals surface area (Å²) in [5, 5.41) is 12.3. The van der Waals surface area contributed by atoms with Gasteiger partial charge in [0.15, 0.2) is 5.69 Å². The zero-order valence-electron chi connectivity index (χ0n) is 10.5. The molecule has 1 N–H and O–H groups in total. The summed E-state index contributed by atoms with van der Waals surface area (Å²) in [6.45, 7) is 1.14. The topological polar surface area (TPSA) is 75.8 Å². The summed E-state index contributed by atoms with van der Waals surface area (Å²) in [6, 6.07) is 1.73. The van der Waals surface area contributed by atoms with Crippen LogP contribution >= 0.6 is 0 Å². The van der Waals surface area contributed by atoms with E-state index in [0.29, 0.717) is 24.8 Å². The summed E-state index contributed by atoms with van der Waals surface area (Å²) in [6.07, 6.45) is 2.24. The lowest BCUT2D eigenvalue weighted by molar-refractivity contribution is 0.0611. The summed E-state index contributed by atoms with van der Waals surface area (Å²) in [5.74, 6) is 1.10. The highest BCUT2D eigenvalue weighted by Crippen LogP contribution is 2.40. The second kappa shape index (κ2) is 5.97. The van der Waals surface area contributed by atoms with E-state index in [2.05, 4.69) is 5.16 Å². The van der Waals surface area contributed by atoms with Crippen molar-refractivity contribution < 1.29 is 19.2 Å². The summed E-state index contributed by atoms with van der Waals surface area (Å²) in [5.41, 5.74) is 0.349. The predicted octanol–water partition coefficient (Wildman–Crippen LogP) is 0.633. The van der Waals surface area contributed by atoms with Gasteiger partial charge in [0.05, 0.1) is 19.8 Å². The van der Waals surface area contributed by atoms with Gasteiger partial charge < -0.3 is 19.3 Å². The number of amides is 1. The molecule has 0 aromatic carbocycles. The number of carbonyl (C=O) groups is 1. The monoisotopic (exact) mass is 254 g/mol. The fourth-order valence-electron chi connectivity index (χ4n) is 1.62. The highest BCUT2D eigenvalue weighted by Gasteiger charge is 2.29. The molecule has 0 radical (unpaired) electrons. The first-order valence-electron chi connectivity index (χ1n) is 6.13. The Labute approximate surface area is 106 Å². The average molecular weight is 254 g/mol. The third-order valence-corrected chi connectivity index (χ3v) is 2.88. The minimum Gasteiger partial charge on any atom is -0.394 e.